The van der Waals surface area contributed by atoms with Crippen molar-refractivity contribution >= 4 is 11.8 Å². The van der Waals surface area contributed by atoms with Crippen LogP contribution in [0.4, 0.5) is 13.2 Å². The van der Waals surface area contributed by atoms with Crippen molar-refractivity contribution in [2.24, 2.45) is 0 Å². The van der Waals surface area contributed by atoms with Crippen molar-refractivity contribution in [3.8, 4) is 11.5 Å². The second-order valence-corrected chi connectivity index (χ2v) is 9.24. The van der Waals surface area contributed by atoms with Crippen molar-refractivity contribution in [1.82, 2.24) is 4.90 Å². The van der Waals surface area contributed by atoms with E-state index >= 15 is 0 Å². The van der Waals surface area contributed by atoms with Gasteiger partial charge in [0.25, 0.3) is 0 Å². The van der Waals surface area contributed by atoms with E-state index < -0.39 is 17.8 Å². The zero-order chi connectivity index (χ0) is 25.3. The van der Waals surface area contributed by atoms with E-state index in [9.17, 15) is 18.3 Å². The van der Waals surface area contributed by atoms with Gasteiger partial charge >= 0.3 is 6.18 Å². The van der Waals surface area contributed by atoms with Crippen molar-refractivity contribution in [3.05, 3.63) is 89.5 Å². The summed E-state index contributed by atoms with van der Waals surface area (Å²) in [5.74, 6) is 1.62. The summed E-state index contributed by atoms with van der Waals surface area (Å²) in [6.07, 6.45) is -4.35. The standard InChI is InChI=1S/C27H30F3NO3S/c1-33-25-12-11-20(15-26(25)34-2)13-14-31(17-21-7-4-3-5-8-21)18-23(32)19-35-24-10-6-9-22(16-24)27(28,29)30/h3-12,15-16,23,32H,13-14,17-19H2,1-2H3. The molecule has 1 unspecified atom stereocenters. The maximum atomic E-state index is 13.0. The fraction of sp³-hybridized carbons (Fsp3) is 0.333. The Kier molecular flexibility index (Phi) is 9.89. The highest BCUT2D eigenvalue weighted by Crippen LogP contribution is 2.32. The van der Waals surface area contributed by atoms with E-state index in [1.54, 1.807) is 20.3 Å². The van der Waals surface area contributed by atoms with E-state index in [0.29, 0.717) is 41.8 Å². The summed E-state index contributed by atoms with van der Waals surface area (Å²) in [6, 6.07) is 21.0. The lowest BCUT2D eigenvalue weighted by Crippen LogP contribution is -2.34. The molecule has 0 aliphatic carbocycles. The number of aliphatic hydroxyl groups is 1. The number of benzene rings is 3. The Hall–Kier alpha value is -2.68. The van der Waals surface area contributed by atoms with Gasteiger partial charge in [-0.15, -0.1) is 11.8 Å². The molecule has 3 aromatic rings. The number of halogens is 3. The average Bonchev–Trinajstić information content (AvgIpc) is 2.86. The molecule has 0 saturated carbocycles. The molecule has 8 heteroatoms. The summed E-state index contributed by atoms with van der Waals surface area (Å²) in [5.41, 5.74) is 1.52. The molecule has 3 aromatic carbocycles. The highest BCUT2D eigenvalue weighted by molar-refractivity contribution is 7.99. The second kappa shape index (κ2) is 12.9. The maximum absolute atomic E-state index is 13.0. The van der Waals surface area contributed by atoms with Crippen LogP contribution in [0.3, 0.4) is 0 Å². The smallest absolute Gasteiger partial charge is 0.416 e. The van der Waals surface area contributed by atoms with Gasteiger partial charge in [0.2, 0.25) is 0 Å². The van der Waals surface area contributed by atoms with Crippen molar-refractivity contribution in [3.63, 3.8) is 0 Å². The minimum absolute atomic E-state index is 0.295. The summed E-state index contributed by atoms with van der Waals surface area (Å²) in [7, 11) is 3.19. The Morgan fingerprint density at radius 3 is 2.31 bits per heavy atom. The first-order chi connectivity index (χ1) is 16.8. The van der Waals surface area contributed by atoms with E-state index in [2.05, 4.69) is 4.90 Å². The normalized spacial score (nSPS) is 12.5. The quantitative estimate of drug-likeness (QED) is 0.310. The van der Waals surface area contributed by atoms with Gasteiger partial charge in [-0.05, 0) is 47.9 Å². The summed E-state index contributed by atoms with van der Waals surface area (Å²) in [5, 5.41) is 10.7. The number of thioether (sulfide) groups is 1. The van der Waals surface area contributed by atoms with E-state index in [1.807, 2.05) is 48.5 Å². The molecule has 0 fully saturated rings. The maximum Gasteiger partial charge on any atom is 0.416 e. The van der Waals surface area contributed by atoms with Crippen molar-refractivity contribution in [2.75, 3.05) is 33.1 Å². The van der Waals surface area contributed by atoms with Crippen molar-refractivity contribution < 1.29 is 27.8 Å². The number of alkyl halides is 3. The predicted molar refractivity (Wildman–Crippen MR) is 133 cm³/mol. The molecule has 0 aliphatic rings. The molecule has 3 rings (SSSR count). The van der Waals surface area contributed by atoms with E-state index in [-0.39, 0.29) is 0 Å². The second-order valence-electron chi connectivity index (χ2n) is 8.15. The third-order valence-corrected chi connectivity index (χ3v) is 6.63. The van der Waals surface area contributed by atoms with Crippen LogP contribution in [0.25, 0.3) is 0 Å². The summed E-state index contributed by atoms with van der Waals surface area (Å²) < 4.78 is 49.6. The van der Waals surface area contributed by atoms with Crippen LogP contribution in [0.2, 0.25) is 0 Å². The third kappa shape index (κ3) is 8.49. The number of aliphatic hydroxyl groups excluding tert-OH is 1. The molecule has 0 spiro atoms. The number of hydrogen-bond acceptors (Lipinski definition) is 5. The van der Waals surface area contributed by atoms with E-state index in [0.717, 1.165) is 29.7 Å². The van der Waals surface area contributed by atoms with Gasteiger partial charge in [0.05, 0.1) is 25.9 Å². The van der Waals surface area contributed by atoms with Crippen LogP contribution in [0.1, 0.15) is 16.7 Å². The first-order valence-electron chi connectivity index (χ1n) is 11.2. The van der Waals surface area contributed by atoms with Gasteiger partial charge in [0.15, 0.2) is 11.5 Å². The fourth-order valence-electron chi connectivity index (χ4n) is 3.71. The lowest BCUT2D eigenvalue weighted by atomic mass is 10.1. The monoisotopic (exact) mass is 505 g/mol. The Morgan fingerprint density at radius 2 is 1.63 bits per heavy atom. The van der Waals surface area contributed by atoms with Crippen LogP contribution in [0, 0.1) is 0 Å². The molecular formula is C27H30F3NO3S. The Morgan fingerprint density at radius 1 is 0.886 bits per heavy atom. The highest BCUT2D eigenvalue weighted by atomic mass is 32.2. The van der Waals surface area contributed by atoms with Crippen molar-refractivity contribution in [2.45, 2.75) is 30.1 Å². The first kappa shape index (κ1) is 26.9. The molecule has 35 heavy (non-hydrogen) atoms. The minimum Gasteiger partial charge on any atom is -0.493 e. The number of methoxy groups -OCH3 is 2. The van der Waals surface area contributed by atoms with Crippen LogP contribution in [-0.2, 0) is 19.1 Å². The number of hydrogen-bond donors (Lipinski definition) is 1. The molecule has 0 bridgehead atoms. The SMILES string of the molecule is COc1ccc(CCN(Cc2ccccc2)CC(O)CSc2cccc(C(F)(F)F)c2)cc1OC. The zero-order valence-corrected chi connectivity index (χ0v) is 20.6. The topological polar surface area (TPSA) is 41.9 Å². The Balaban J connectivity index is 1.63. The van der Waals surface area contributed by atoms with Gasteiger partial charge in [-0.3, -0.25) is 4.90 Å². The molecule has 1 atom stereocenters. The third-order valence-electron chi connectivity index (χ3n) is 5.49. The zero-order valence-electron chi connectivity index (χ0n) is 19.8. The highest BCUT2D eigenvalue weighted by Gasteiger charge is 2.30. The Bertz CT molecular complexity index is 1060. The molecule has 4 nitrogen and oxygen atoms in total. The van der Waals surface area contributed by atoms with Gasteiger partial charge in [0.1, 0.15) is 0 Å². The van der Waals surface area contributed by atoms with E-state index in [4.69, 9.17) is 9.47 Å². The van der Waals surface area contributed by atoms with Gasteiger partial charge in [-0.25, -0.2) is 0 Å². The van der Waals surface area contributed by atoms with Gasteiger partial charge in [-0.1, -0.05) is 42.5 Å². The summed E-state index contributed by atoms with van der Waals surface area (Å²) in [6.45, 7) is 1.74. The number of nitrogens with zero attached hydrogens (tertiary/aromatic N) is 1. The van der Waals surface area contributed by atoms with Gasteiger partial charge in [0, 0.05) is 30.3 Å². The first-order valence-corrected chi connectivity index (χ1v) is 12.2. The lowest BCUT2D eigenvalue weighted by Gasteiger charge is -2.25. The molecule has 188 valence electrons. The predicted octanol–water partition coefficient (Wildman–Crippen LogP) is 5.92. The van der Waals surface area contributed by atoms with Crippen molar-refractivity contribution in [1.29, 1.82) is 0 Å². The minimum atomic E-state index is -4.38. The largest absolute Gasteiger partial charge is 0.493 e. The van der Waals surface area contributed by atoms with Gasteiger partial charge < -0.3 is 14.6 Å². The number of rotatable bonds is 12. The Labute approximate surface area is 208 Å². The molecule has 0 amide bonds. The average molecular weight is 506 g/mol. The molecular weight excluding hydrogens is 475 g/mol. The summed E-state index contributed by atoms with van der Waals surface area (Å²) >= 11 is 1.22. The van der Waals surface area contributed by atoms with Crippen LogP contribution in [-0.4, -0.2) is 49.2 Å². The van der Waals surface area contributed by atoms with Crippen LogP contribution in [0.15, 0.2) is 77.7 Å². The van der Waals surface area contributed by atoms with Gasteiger partial charge in [-0.2, -0.15) is 13.2 Å². The summed E-state index contributed by atoms with van der Waals surface area (Å²) in [4.78, 5) is 2.64. The molecule has 0 aromatic heterocycles. The fourth-order valence-corrected chi connectivity index (χ4v) is 4.58. The number of ether oxygens (including phenoxy) is 2. The lowest BCUT2D eigenvalue weighted by molar-refractivity contribution is -0.137. The molecule has 0 aliphatic heterocycles. The van der Waals surface area contributed by atoms with Crippen LogP contribution >= 0.6 is 11.8 Å². The van der Waals surface area contributed by atoms with Crippen LogP contribution in [0.5, 0.6) is 11.5 Å². The molecule has 0 radical (unpaired) electrons. The van der Waals surface area contributed by atoms with E-state index in [1.165, 1.54) is 17.8 Å². The molecule has 0 heterocycles. The molecule has 1 N–H and O–H groups in total. The van der Waals surface area contributed by atoms with Crippen LogP contribution < -0.4 is 9.47 Å². The molecule has 0 saturated heterocycles.